The number of hydrogen-bond acceptors (Lipinski definition) is 5. The first-order valence-electron chi connectivity index (χ1n) is 10.8. The zero-order valence-corrected chi connectivity index (χ0v) is 18.9. The normalized spacial score (nSPS) is 11.1. The van der Waals surface area contributed by atoms with Crippen LogP contribution in [0.3, 0.4) is 0 Å². The molecule has 0 aliphatic carbocycles. The molecular weight excluding hydrogens is 430 g/mol. The summed E-state index contributed by atoms with van der Waals surface area (Å²) in [6, 6.07) is 21.3. The molecule has 2 aromatic carbocycles. The molecule has 0 radical (unpaired) electrons. The Morgan fingerprint density at radius 3 is 2.26 bits per heavy atom. The van der Waals surface area contributed by atoms with Crippen molar-refractivity contribution >= 4 is 11.0 Å². The van der Waals surface area contributed by atoms with E-state index in [4.69, 9.17) is 4.74 Å². The van der Waals surface area contributed by atoms with Crippen molar-refractivity contribution in [2.24, 2.45) is 7.05 Å². The van der Waals surface area contributed by atoms with Crippen LogP contribution in [0, 0.1) is 0 Å². The quantitative estimate of drug-likeness (QED) is 0.395. The zero-order chi connectivity index (χ0) is 23.7. The number of nitrogens with zero attached hydrogens (tertiary/aromatic N) is 5. The van der Waals surface area contributed by atoms with Gasteiger partial charge in [-0.1, -0.05) is 42.5 Å². The summed E-state index contributed by atoms with van der Waals surface area (Å²) in [5.74, 6) is 0.736. The third-order valence-corrected chi connectivity index (χ3v) is 5.81. The second-order valence-electron chi connectivity index (χ2n) is 8.06. The maximum atomic E-state index is 12.9. The highest BCUT2D eigenvalue weighted by atomic mass is 16.5. The number of ether oxygens (including phenoxy) is 1. The fourth-order valence-electron chi connectivity index (χ4n) is 3.94. The van der Waals surface area contributed by atoms with E-state index in [9.17, 15) is 9.59 Å². The molecule has 8 nitrogen and oxygen atoms in total. The number of hydrogen-bond donors (Lipinski definition) is 0. The average molecular weight is 454 g/mol. The molecule has 0 atom stereocenters. The molecule has 0 aliphatic rings. The molecule has 34 heavy (non-hydrogen) atoms. The van der Waals surface area contributed by atoms with E-state index >= 15 is 0 Å². The highest BCUT2D eigenvalue weighted by Gasteiger charge is 2.15. The summed E-state index contributed by atoms with van der Waals surface area (Å²) in [6.45, 7) is 0.764. The van der Waals surface area contributed by atoms with Gasteiger partial charge in [-0.15, -0.1) is 0 Å². The van der Waals surface area contributed by atoms with Crippen LogP contribution < -0.4 is 16.0 Å². The summed E-state index contributed by atoms with van der Waals surface area (Å²) in [7, 11) is 3.09. The Kier molecular flexibility index (Phi) is 5.55. The maximum absolute atomic E-state index is 12.9. The summed E-state index contributed by atoms with van der Waals surface area (Å²) >= 11 is 0. The van der Waals surface area contributed by atoms with Crippen LogP contribution in [0.25, 0.3) is 22.3 Å². The second kappa shape index (κ2) is 8.82. The highest BCUT2D eigenvalue weighted by molar-refractivity contribution is 5.73. The van der Waals surface area contributed by atoms with Crippen LogP contribution >= 0.6 is 0 Å². The largest absolute Gasteiger partial charge is 0.497 e. The van der Waals surface area contributed by atoms with Crippen LogP contribution in [0.1, 0.15) is 11.1 Å². The third-order valence-electron chi connectivity index (χ3n) is 5.81. The van der Waals surface area contributed by atoms with Gasteiger partial charge >= 0.3 is 5.69 Å². The van der Waals surface area contributed by atoms with Gasteiger partial charge in [0.25, 0.3) is 5.56 Å². The number of benzene rings is 2. The van der Waals surface area contributed by atoms with Gasteiger partial charge in [0.15, 0.2) is 5.65 Å². The molecule has 0 saturated heterocycles. The fraction of sp³-hybridized carbons (Fsp3) is 0.154. The lowest BCUT2D eigenvalue weighted by atomic mass is 10.1. The first-order valence-corrected chi connectivity index (χ1v) is 10.8. The molecule has 0 spiro atoms. The van der Waals surface area contributed by atoms with Gasteiger partial charge in [-0.2, -0.15) is 5.10 Å². The lowest BCUT2D eigenvalue weighted by Crippen LogP contribution is -2.38. The van der Waals surface area contributed by atoms with Gasteiger partial charge in [-0.05, 0) is 35.4 Å². The standard InChI is InChI=1S/C26H23N5O3/c1-29-25(32)22-17-30(15-18-6-10-20(11-7-18)23-5-3-4-14-27-23)28-24(22)31(26(29)33)16-19-8-12-21(34-2)13-9-19/h3-14,17H,15-16H2,1-2H3. The van der Waals surface area contributed by atoms with Crippen molar-refractivity contribution in [1.82, 2.24) is 23.9 Å². The van der Waals surface area contributed by atoms with Crippen molar-refractivity contribution < 1.29 is 4.74 Å². The van der Waals surface area contributed by atoms with Gasteiger partial charge in [0, 0.05) is 25.0 Å². The topological polar surface area (TPSA) is 83.9 Å². The van der Waals surface area contributed by atoms with Gasteiger partial charge in [-0.25, -0.2) is 4.79 Å². The number of fused-ring (bicyclic) bond motifs is 1. The van der Waals surface area contributed by atoms with Crippen molar-refractivity contribution in [3.63, 3.8) is 0 Å². The molecule has 8 heteroatoms. The Morgan fingerprint density at radius 1 is 0.882 bits per heavy atom. The first kappa shape index (κ1) is 21.4. The van der Waals surface area contributed by atoms with E-state index in [0.29, 0.717) is 24.1 Å². The van der Waals surface area contributed by atoms with E-state index in [2.05, 4.69) is 10.1 Å². The highest BCUT2D eigenvalue weighted by Crippen LogP contribution is 2.18. The predicted octanol–water partition coefficient (Wildman–Crippen LogP) is 3.06. The predicted molar refractivity (Wildman–Crippen MR) is 130 cm³/mol. The summed E-state index contributed by atoms with van der Waals surface area (Å²) in [5.41, 5.74) is 3.47. The third kappa shape index (κ3) is 4.01. The summed E-state index contributed by atoms with van der Waals surface area (Å²) in [4.78, 5) is 30.1. The molecule has 0 saturated carbocycles. The van der Waals surface area contributed by atoms with E-state index in [1.54, 1.807) is 24.2 Å². The van der Waals surface area contributed by atoms with Crippen LogP contribution in [0.5, 0.6) is 5.75 Å². The number of rotatable bonds is 6. The molecular formula is C26H23N5O3. The molecule has 0 aliphatic heterocycles. The number of pyridine rings is 1. The smallest absolute Gasteiger partial charge is 0.332 e. The SMILES string of the molecule is COc1ccc(Cn2c(=O)n(C)c(=O)c3cn(Cc4ccc(-c5ccccn5)cc4)nc32)cc1. The molecule has 5 aromatic rings. The minimum Gasteiger partial charge on any atom is -0.497 e. The van der Waals surface area contributed by atoms with Gasteiger partial charge in [0.1, 0.15) is 11.1 Å². The van der Waals surface area contributed by atoms with Crippen LogP contribution in [0.2, 0.25) is 0 Å². The second-order valence-corrected chi connectivity index (χ2v) is 8.06. The molecule has 0 unspecified atom stereocenters. The Labute approximate surface area is 195 Å². The van der Waals surface area contributed by atoms with E-state index in [-0.39, 0.29) is 5.56 Å². The molecule has 5 rings (SSSR count). The van der Waals surface area contributed by atoms with Crippen molar-refractivity contribution in [1.29, 1.82) is 0 Å². The Hall–Kier alpha value is -4.46. The molecule has 3 aromatic heterocycles. The lowest BCUT2D eigenvalue weighted by molar-refractivity contribution is 0.414. The summed E-state index contributed by atoms with van der Waals surface area (Å²) in [5, 5.41) is 5.01. The molecule has 0 N–H and O–H groups in total. The van der Waals surface area contributed by atoms with E-state index < -0.39 is 5.69 Å². The average Bonchev–Trinajstić information content (AvgIpc) is 3.30. The Balaban J connectivity index is 1.48. The van der Waals surface area contributed by atoms with Crippen molar-refractivity contribution in [3.05, 3.63) is 111 Å². The number of methoxy groups -OCH3 is 1. The first-order chi connectivity index (χ1) is 16.5. The Morgan fingerprint density at radius 2 is 1.59 bits per heavy atom. The molecule has 3 heterocycles. The lowest BCUT2D eigenvalue weighted by Gasteiger charge is -2.09. The van der Waals surface area contributed by atoms with Crippen molar-refractivity contribution in [2.75, 3.05) is 7.11 Å². The van der Waals surface area contributed by atoms with Crippen LogP contribution in [0.15, 0.2) is 88.7 Å². The van der Waals surface area contributed by atoms with E-state index in [1.165, 1.54) is 11.6 Å². The summed E-state index contributed by atoms with van der Waals surface area (Å²) in [6.07, 6.45) is 3.47. The van der Waals surface area contributed by atoms with Gasteiger partial charge in [0.2, 0.25) is 0 Å². The van der Waals surface area contributed by atoms with Crippen molar-refractivity contribution in [3.8, 4) is 17.0 Å². The molecule has 0 amide bonds. The van der Waals surface area contributed by atoms with Gasteiger partial charge in [-0.3, -0.25) is 23.6 Å². The van der Waals surface area contributed by atoms with Gasteiger partial charge in [0.05, 0.1) is 25.9 Å². The summed E-state index contributed by atoms with van der Waals surface area (Å²) < 4.78 is 9.56. The minimum atomic E-state index is -0.404. The maximum Gasteiger partial charge on any atom is 0.332 e. The molecule has 0 fully saturated rings. The van der Waals surface area contributed by atoms with E-state index in [0.717, 1.165) is 32.7 Å². The minimum absolute atomic E-state index is 0.295. The van der Waals surface area contributed by atoms with E-state index in [1.807, 2.05) is 66.7 Å². The number of aromatic nitrogens is 5. The zero-order valence-electron chi connectivity index (χ0n) is 18.9. The Bertz CT molecular complexity index is 1560. The molecule has 170 valence electrons. The monoisotopic (exact) mass is 453 g/mol. The molecule has 0 bridgehead atoms. The fourth-order valence-corrected chi connectivity index (χ4v) is 3.94. The van der Waals surface area contributed by atoms with Gasteiger partial charge < -0.3 is 4.74 Å². The van der Waals surface area contributed by atoms with Crippen LogP contribution in [-0.2, 0) is 20.1 Å². The van der Waals surface area contributed by atoms with Crippen LogP contribution in [0.4, 0.5) is 0 Å². The van der Waals surface area contributed by atoms with Crippen molar-refractivity contribution in [2.45, 2.75) is 13.1 Å². The van der Waals surface area contributed by atoms with Crippen LogP contribution in [-0.4, -0.2) is 31.0 Å².